The van der Waals surface area contributed by atoms with E-state index in [0.717, 1.165) is 10.9 Å². The van der Waals surface area contributed by atoms with E-state index in [4.69, 9.17) is 11.6 Å². The summed E-state index contributed by atoms with van der Waals surface area (Å²) in [6.45, 7) is 0. The molecule has 5 rings (SSSR count). The molecule has 0 unspecified atom stereocenters. The number of hydrogen-bond donors (Lipinski definition) is 2. The van der Waals surface area contributed by atoms with Crippen molar-refractivity contribution < 1.29 is 9.90 Å². The van der Waals surface area contributed by atoms with Gasteiger partial charge in [0.25, 0.3) is 0 Å². The molecule has 0 spiro atoms. The summed E-state index contributed by atoms with van der Waals surface area (Å²) in [4.78, 5) is 20.7. The van der Waals surface area contributed by atoms with Crippen LogP contribution in [-0.4, -0.2) is 27.0 Å². The molecule has 2 aliphatic rings. The summed E-state index contributed by atoms with van der Waals surface area (Å²) in [6.07, 6.45) is 0. The quantitative estimate of drug-likeness (QED) is 0.624. The van der Waals surface area contributed by atoms with Crippen molar-refractivity contribution >= 4 is 39.7 Å². The number of halogens is 1. The number of alkyl halides is 1. The van der Waals surface area contributed by atoms with Crippen molar-refractivity contribution in [1.29, 1.82) is 0 Å². The van der Waals surface area contributed by atoms with E-state index in [2.05, 4.69) is 9.98 Å². The lowest BCUT2D eigenvalue weighted by Gasteiger charge is -2.33. The van der Waals surface area contributed by atoms with Gasteiger partial charge in [0, 0.05) is 16.5 Å². The fraction of sp³-hybridized carbons (Fsp3) is 0.111. The second-order valence-corrected chi connectivity index (χ2v) is 6.33. The zero-order valence-corrected chi connectivity index (χ0v) is 12.6. The molecule has 23 heavy (non-hydrogen) atoms. The third-order valence-corrected chi connectivity index (χ3v) is 5.21. The molecule has 1 aliphatic carbocycles. The van der Waals surface area contributed by atoms with E-state index in [9.17, 15) is 9.90 Å². The Labute approximate surface area is 136 Å². The van der Waals surface area contributed by atoms with Crippen molar-refractivity contribution in [2.45, 2.75) is 11.0 Å². The van der Waals surface area contributed by atoms with Crippen molar-refractivity contribution in [3.8, 4) is 0 Å². The number of hydrogen-bond acceptors (Lipinski definition) is 3. The maximum Gasteiger partial charge on any atom is 0.187 e. The Morgan fingerprint density at radius 3 is 2.74 bits per heavy atom. The SMILES string of the molecule is O=C1c2c([nH]c3ccccc23)C2=Nc3ccccc3[C@@]2(O)[C@@H]1Cl. The van der Waals surface area contributed by atoms with Crippen LogP contribution in [0.15, 0.2) is 53.5 Å². The van der Waals surface area contributed by atoms with Crippen LogP contribution in [0, 0.1) is 0 Å². The first-order valence-corrected chi connectivity index (χ1v) is 7.76. The molecule has 0 radical (unpaired) electrons. The summed E-state index contributed by atoms with van der Waals surface area (Å²) in [5.74, 6) is -0.280. The summed E-state index contributed by atoms with van der Waals surface area (Å²) < 4.78 is 0. The highest BCUT2D eigenvalue weighted by molar-refractivity contribution is 6.43. The molecule has 1 aromatic heterocycles. The molecular weight excluding hydrogens is 312 g/mol. The van der Waals surface area contributed by atoms with Gasteiger partial charge in [0.05, 0.1) is 16.9 Å². The van der Waals surface area contributed by atoms with Crippen molar-refractivity contribution in [2.24, 2.45) is 4.99 Å². The summed E-state index contributed by atoms with van der Waals surface area (Å²) >= 11 is 6.43. The zero-order valence-electron chi connectivity index (χ0n) is 11.9. The minimum atomic E-state index is -1.59. The fourth-order valence-electron chi connectivity index (χ4n) is 3.62. The number of aromatic amines is 1. The first-order chi connectivity index (χ1) is 11.1. The smallest absolute Gasteiger partial charge is 0.187 e. The van der Waals surface area contributed by atoms with Gasteiger partial charge in [-0.2, -0.15) is 0 Å². The molecule has 4 nitrogen and oxygen atoms in total. The Bertz CT molecular complexity index is 1040. The van der Waals surface area contributed by atoms with Crippen LogP contribution in [0.2, 0.25) is 0 Å². The van der Waals surface area contributed by atoms with Crippen LogP contribution in [0.4, 0.5) is 5.69 Å². The number of nitrogens with one attached hydrogen (secondary N) is 1. The second kappa shape index (κ2) is 4.10. The fourth-order valence-corrected chi connectivity index (χ4v) is 3.95. The monoisotopic (exact) mass is 322 g/mol. The van der Waals surface area contributed by atoms with Gasteiger partial charge in [-0.05, 0) is 12.1 Å². The molecule has 2 atom stereocenters. The van der Waals surface area contributed by atoms with Gasteiger partial charge in [-0.25, -0.2) is 4.99 Å². The van der Waals surface area contributed by atoms with E-state index in [1.54, 1.807) is 6.07 Å². The maximum atomic E-state index is 12.9. The standard InChI is InChI=1S/C18H11ClN2O2/c19-16-15(22)13-9-5-1-3-7-11(9)20-14(13)17-18(16,23)10-6-2-4-8-12(10)21-17/h1-8,16,20,23H/t16-,18-/m1/s1. The average molecular weight is 323 g/mol. The van der Waals surface area contributed by atoms with E-state index in [1.165, 1.54) is 0 Å². The molecule has 112 valence electrons. The predicted octanol–water partition coefficient (Wildman–Crippen LogP) is 3.29. The van der Waals surface area contributed by atoms with Crippen molar-refractivity contribution in [1.82, 2.24) is 4.98 Å². The number of nitrogens with zero attached hydrogens (tertiary/aromatic N) is 1. The molecular formula is C18H11ClN2O2. The summed E-state index contributed by atoms with van der Waals surface area (Å²) in [5.41, 5.74) is 1.96. The lowest BCUT2D eigenvalue weighted by atomic mass is 9.77. The lowest BCUT2D eigenvalue weighted by molar-refractivity contribution is 0.0746. The van der Waals surface area contributed by atoms with Gasteiger partial charge >= 0.3 is 0 Å². The van der Waals surface area contributed by atoms with E-state index < -0.39 is 11.0 Å². The van der Waals surface area contributed by atoms with Gasteiger partial charge in [-0.1, -0.05) is 36.4 Å². The number of aromatic nitrogens is 1. The molecule has 2 heterocycles. The van der Waals surface area contributed by atoms with E-state index in [-0.39, 0.29) is 5.78 Å². The molecule has 0 fully saturated rings. The molecule has 3 aromatic rings. The number of fused-ring (bicyclic) bond motifs is 7. The number of aliphatic hydroxyl groups is 1. The number of carbonyl (C=O) groups excluding carboxylic acids is 1. The summed E-state index contributed by atoms with van der Waals surface area (Å²) in [6, 6.07) is 14.8. The van der Waals surface area contributed by atoms with E-state index in [0.29, 0.717) is 28.2 Å². The normalized spacial score (nSPS) is 25.0. The van der Waals surface area contributed by atoms with Crippen molar-refractivity contribution in [3.05, 3.63) is 65.4 Å². The van der Waals surface area contributed by atoms with Crippen molar-refractivity contribution in [2.75, 3.05) is 0 Å². The minimum absolute atomic E-state index is 0.280. The van der Waals surface area contributed by atoms with Crippen LogP contribution in [0.1, 0.15) is 21.6 Å². The van der Waals surface area contributed by atoms with Crippen LogP contribution >= 0.6 is 11.6 Å². The van der Waals surface area contributed by atoms with Crippen molar-refractivity contribution in [3.63, 3.8) is 0 Å². The van der Waals surface area contributed by atoms with E-state index >= 15 is 0 Å². The minimum Gasteiger partial charge on any atom is -0.377 e. The van der Waals surface area contributed by atoms with E-state index in [1.807, 2.05) is 42.5 Å². The van der Waals surface area contributed by atoms with Gasteiger partial charge in [0.1, 0.15) is 11.1 Å². The number of carbonyl (C=O) groups is 1. The highest BCUT2D eigenvalue weighted by Crippen LogP contribution is 2.49. The largest absolute Gasteiger partial charge is 0.377 e. The van der Waals surface area contributed by atoms with Gasteiger partial charge in [-0.3, -0.25) is 4.79 Å². The van der Waals surface area contributed by atoms with Gasteiger partial charge < -0.3 is 10.1 Å². The Kier molecular flexibility index (Phi) is 2.33. The molecule has 0 saturated heterocycles. The first kappa shape index (κ1) is 13.0. The number of aliphatic imine (C=N–C) groups is 1. The van der Waals surface area contributed by atoms with Gasteiger partial charge in [0.15, 0.2) is 11.4 Å². The molecule has 0 bridgehead atoms. The Morgan fingerprint density at radius 1 is 1.13 bits per heavy atom. The topological polar surface area (TPSA) is 65.5 Å². The van der Waals surface area contributed by atoms with Gasteiger partial charge in [-0.15, -0.1) is 11.6 Å². The Hall–Kier alpha value is -2.43. The Morgan fingerprint density at radius 2 is 1.87 bits per heavy atom. The zero-order chi connectivity index (χ0) is 15.8. The van der Waals surface area contributed by atoms with Crippen LogP contribution in [-0.2, 0) is 5.60 Å². The molecule has 5 heteroatoms. The third-order valence-electron chi connectivity index (χ3n) is 4.69. The summed E-state index contributed by atoms with van der Waals surface area (Å²) in [5, 5.41) is 11.0. The summed E-state index contributed by atoms with van der Waals surface area (Å²) in [7, 11) is 0. The second-order valence-electron chi connectivity index (χ2n) is 5.89. The molecule has 0 saturated carbocycles. The number of rotatable bonds is 0. The first-order valence-electron chi connectivity index (χ1n) is 7.33. The highest BCUT2D eigenvalue weighted by Gasteiger charge is 2.56. The number of benzene rings is 2. The number of H-pyrrole nitrogens is 1. The molecule has 1 aliphatic heterocycles. The highest BCUT2D eigenvalue weighted by atomic mass is 35.5. The lowest BCUT2D eigenvalue weighted by Crippen LogP contribution is -2.50. The van der Waals surface area contributed by atoms with Crippen LogP contribution in [0.3, 0.4) is 0 Å². The average Bonchev–Trinajstić information content (AvgIpc) is 3.10. The molecule has 2 aromatic carbocycles. The van der Waals surface area contributed by atoms with Crippen LogP contribution in [0.25, 0.3) is 10.9 Å². The van der Waals surface area contributed by atoms with Crippen LogP contribution < -0.4 is 0 Å². The number of para-hydroxylation sites is 2. The predicted molar refractivity (Wildman–Crippen MR) is 88.8 cm³/mol. The number of ketones is 1. The third kappa shape index (κ3) is 1.41. The van der Waals surface area contributed by atoms with Gasteiger partial charge in [0.2, 0.25) is 0 Å². The van der Waals surface area contributed by atoms with Crippen LogP contribution in [0.5, 0.6) is 0 Å². The molecule has 0 amide bonds. The maximum absolute atomic E-state index is 12.9. The number of Topliss-reactive ketones (excluding diaryl/α,β-unsaturated/α-hetero) is 1. The molecule has 2 N–H and O–H groups in total. The Balaban J connectivity index is 1.91.